The second-order valence-electron chi connectivity index (χ2n) is 0.797. The van der Waals surface area contributed by atoms with E-state index in [4.69, 9.17) is 0 Å². The summed E-state index contributed by atoms with van der Waals surface area (Å²) in [5, 5.41) is 2.82. The molecule has 0 spiro atoms. The molecule has 1 aliphatic heterocycles. The Morgan fingerprint density at radius 2 is 3.00 bits per heavy atom. The zero-order valence-corrected chi connectivity index (χ0v) is 2.73. The normalized spacial score (nSPS) is 16.0. The Hall–Kier alpha value is -0.750. The average Bonchev–Trinajstić information content (AvgIpc) is 1.76. The van der Waals surface area contributed by atoms with Gasteiger partial charge in [0.15, 0.2) is 6.34 Å². The van der Waals surface area contributed by atoms with Crippen molar-refractivity contribution in [1.82, 2.24) is 9.98 Å². The fourth-order valence-electron chi connectivity index (χ4n) is 0.228. The van der Waals surface area contributed by atoms with Crippen molar-refractivity contribution in [2.45, 2.75) is 0 Å². The first-order chi connectivity index (χ1) is 2.50. The Balaban J connectivity index is 2.64. The molecule has 0 aromatic heterocycles. The molecule has 0 unspecified atom stereocenters. The number of nitrogens with one attached hydrogen (secondary N) is 1. The molecule has 2 heteroatoms. The fraction of sp³-hybridized carbons (Fsp3) is 0.333. The quantitative estimate of drug-likeness (QED) is 0.275. The Kier molecular flexibility index (Phi) is 0.453. The van der Waals surface area contributed by atoms with Crippen LogP contribution in [0, 0.1) is 0 Å². The van der Waals surface area contributed by atoms with E-state index in [0.717, 1.165) is 6.54 Å². The van der Waals surface area contributed by atoms with Gasteiger partial charge in [-0.3, -0.25) is 0 Å². The molecular formula is C3H4N2. The van der Waals surface area contributed by atoms with E-state index in [1.807, 2.05) is 0 Å². The first kappa shape index (κ1) is 2.49. The smallest absolute Gasteiger partial charge is 0.178 e. The summed E-state index contributed by atoms with van der Waals surface area (Å²) < 4.78 is 3.60. The number of hydrogen-bond donors (Lipinski definition) is 1. The molecule has 0 aromatic rings. The molecular weight excluding hydrogens is 64.0 g/mol. The van der Waals surface area contributed by atoms with E-state index in [9.17, 15) is 0 Å². The van der Waals surface area contributed by atoms with Crippen LogP contribution < -0.4 is 9.98 Å². The van der Waals surface area contributed by atoms with Crippen LogP contribution in [-0.4, -0.2) is 19.1 Å². The van der Waals surface area contributed by atoms with E-state index in [-0.39, 0.29) is 0 Å². The highest BCUT2D eigenvalue weighted by Crippen LogP contribution is 1.42. The van der Waals surface area contributed by atoms with Gasteiger partial charge in [-0.1, -0.05) is 0 Å². The van der Waals surface area contributed by atoms with Crippen LogP contribution in [0.25, 0.3) is 0 Å². The van der Waals surface area contributed by atoms with Gasteiger partial charge < -0.3 is 9.98 Å². The molecule has 2 nitrogen and oxygen atoms in total. The monoisotopic (exact) mass is 68.0 g/mol. The summed E-state index contributed by atoms with van der Waals surface area (Å²) in [6, 6.07) is 0. The van der Waals surface area contributed by atoms with Gasteiger partial charge in [-0.05, 0) is 0 Å². The van der Waals surface area contributed by atoms with Crippen LogP contribution in [0.4, 0.5) is 0 Å². The molecule has 0 amide bonds. The first-order valence-electron chi connectivity index (χ1n) is 1.48. The van der Waals surface area contributed by atoms with Crippen molar-refractivity contribution in [3.8, 4) is 0 Å². The van der Waals surface area contributed by atoms with Crippen molar-refractivity contribution in [1.29, 1.82) is 0 Å². The summed E-state index contributed by atoms with van der Waals surface area (Å²) in [7, 11) is 0. The van der Waals surface area contributed by atoms with E-state index < -0.39 is 0 Å². The van der Waals surface area contributed by atoms with Crippen LogP contribution in [0.3, 0.4) is 0 Å². The first-order valence-corrected chi connectivity index (χ1v) is 1.48. The third-order valence-electron chi connectivity index (χ3n) is 0.428. The van der Waals surface area contributed by atoms with Gasteiger partial charge in [-0.25, -0.2) is 0 Å². The highest BCUT2D eigenvalue weighted by atomic mass is 14.9. The van der Waals surface area contributed by atoms with Crippen molar-refractivity contribution in [3.05, 3.63) is 0 Å². The minimum absolute atomic E-state index is 0.778. The third-order valence-corrected chi connectivity index (χ3v) is 0.428. The highest BCUT2D eigenvalue weighted by Gasteiger charge is 1.74. The molecule has 26 valence electrons. The lowest BCUT2D eigenvalue weighted by Crippen LogP contribution is -2.06. The molecule has 0 bridgehead atoms. The molecule has 0 saturated carbocycles. The molecule has 1 rings (SSSR count). The maximum atomic E-state index is 3.60. The van der Waals surface area contributed by atoms with Crippen molar-refractivity contribution in [2.24, 2.45) is 0 Å². The van der Waals surface area contributed by atoms with E-state index in [1.165, 1.54) is 0 Å². The van der Waals surface area contributed by atoms with Gasteiger partial charge in [0.2, 0.25) is 0 Å². The van der Waals surface area contributed by atoms with Gasteiger partial charge >= 0.3 is 0 Å². The Morgan fingerprint density at radius 3 is 3.20 bits per heavy atom. The van der Waals surface area contributed by atoms with Crippen LogP contribution in [0.5, 0.6) is 0 Å². The van der Waals surface area contributed by atoms with E-state index in [2.05, 4.69) is 16.2 Å². The molecule has 0 atom stereocenters. The van der Waals surface area contributed by atoms with Gasteiger partial charge in [-0.2, -0.15) is 0 Å². The summed E-state index contributed by atoms with van der Waals surface area (Å²) in [6.07, 6.45) is 4.31. The van der Waals surface area contributed by atoms with Gasteiger partial charge in [0.25, 0.3) is 0 Å². The maximum absolute atomic E-state index is 3.60. The summed E-state index contributed by atoms with van der Waals surface area (Å²) in [5.41, 5.74) is 0. The molecule has 1 heterocycles. The van der Waals surface area contributed by atoms with Crippen LogP contribution in [-0.2, 0) is 0 Å². The second kappa shape index (κ2) is 0.911. The lowest BCUT2D eigenvalue weighted by Gasteiger charge is -1.71. The molecule has 0 radical (unpaired) electrons. The maximum Gasteiger partial charge on any atom is 0.178 e. The summed E-state index contributed by atoms with van der Waals surface area (Å²) in [6.45, 7) is 0.778. The van der Waals surface area contributed by atoms with Crippen molar-refractivity contribution < 1.29 is 0 Å². The van der Waals surface area contributed by atoms with Crippen LogP contribution in [0.1, 0.15) is 0 Å². The zero-order chi connectivity index (χ0) is 3.54. The predicted molar refractivity (Wildman–Crippen MR) is 21.2 cm³/mol. The molecule has 0 fully saturated rings. The average molecular weight is 68.1 g/mol. The van der Waals surface area contributed by atoms with Crippen molar-refractivity contribution in [3.63, 3.8) is 0 Å². The van der Waals surface area contributed by atoms with Crippen molar-refractivity contribution in [2.75, 3.05) is 6.54 Å². The number of hydrogen-bond acceptors (Lipinski definition) is 1. The van der Waals surface area contributed by atoms with Gasteiger partial charge in [-0.15, -0.1) is 0 Å². The van der Waals surface area contributed by atoms with E-state index in [0.29, 0.717) is 0 Å². The Labute approximate surface area is 30.3 Å². The minimum atomic E-state index is 0.778. The number of nitrogens with zero attached hydrogens (tertiary/aromatic N) is 1. The molecule has 0 aromatic carbocycles. The predicted octanol–water partition coefficient (Wildman–Crippen LogP) is -1.37. The zero-order valence-electron chi connectivity index (χ0n) is 2.73. The van der Waals surface area contributed by atoms with Gasteiger partial charge in [0.1, 0.15) is 0 Å². The standard InChI is InChI=1S/C3H4N2/c1-2-5-3-4-1/h3-4H,1H2. The SMILES string of the molecule is [C-]1=[N+]=CNC1. The van der Waals surface area contributed by atoms with Crippen molar-refractivity contribution >= 4 is 12.6 Å². The Morgan fingerprint density at radius 1 is 2.00 bits per heavy atom. The molecule has 0 saturated heterocycles. The largest absolute Gasteiger partial charge is 0.409 e. The minimum Gasteiger partial charge on any atom is -0.409 e. The van der Waals surface area contributed by atoms with Crippen LogP contribution >= 0.6 is 0 Å². The highest BCUT2D eigenvalue weighted by molar-refractivity contribution is 5.73. The van der Waals surface area contributed by atoms with E-state index in [1.54, 1.807) is 6.34 Å². The topological polar surface area (TPSA) is 26.1 Å². The molecule has 5 heavy (non-hydrogen) atoms. The van der Waals surface area contributed by atoms with Crippen LogP contribution in [0.15, 0.2) is 0 Å². The van der Waals surface area contributed by atoms with Gasteiger partial charge in [0, 0.05) is 0 Å². The third kappa shape index (κ3) is 0.281. The molecule has 0 aliphatic carbocycles. The number of rotatable bonds is 0. The lowest BCUT2D eigenvalue weighted by atomic mass is 10.8. The molecule has 1 aliphatic rings. The lowest BCUT2D eigenvalue weighted by molar-refractivity contribution is 1.16. The van der Waals surface area contributed by atoms with E-state index >= 15 is 0 Å². The summed E-state index contributed by atoms with van der Waals surface area (Å²) >= 11 is 0. The fourth-order valence-corrected chi connectivity index (χ4v) is 0.228. The Bertz CT molecular complexity index is 70.9. The second-order valence-corrected chi connectivity index (χ2v) is 0.797. The summed E-state index contributed by atoms with van der Waals surface area (Å²) in [4.78, 5) is 0. The van der Waals surface area contributed by atoms with Gasteiger partial charge in [0.05, 0.1) is 12.8 Å². The summed E-state index contributed by atoms with van der Waals surface area (Å²) in [5.74, 6) is 0. The molecule has 1 N–H and O–H groups in total. The van der Waals surface area contributed by atoms with Crippen LogP contribution in [0.2, 0.25) is 0 Å².